The first-order chi connectivity index (χ1) is 10.4. The largest absolute Gasteiger partial charge is 0.396 e. The van der Waals surface area contributed by atoms with Crippen LogP contribution in [0, 0.1) is 19.3 Å². The van der Waals surface area contributed by atoms with Crippen LogP contribution >= 0.6 is 0 Å². The monoisotopic (exact) mass is 307 g/mol. The fraction of sp³-hybridized carbons (Fsp3) is 0.688. The highest BCUT2D eigenvalue weighted by molar-refractivity contribution is 5.76. The molecule has 6 heteroatoms. The minimum Gasteiger partial charge on any atom is -0.396 e. The third-order valence-corrected chi connectivity index (χ3v) is 4.72. The summed E-state index contributed by atoms with van der Waals surface area (Å²) in [6, 6.07) is 0.0144. The molecule has 1 fully saturated rings. The van der Waals surface area contributed by atoms with E-state index < -0.39 is 0 Å². The summed E-state index contributed by atoms with van der Waals surface area (Å²) in [6.07, 6.45) is 3.47. The van der Waals surface area contributed by atoms with Crippen molar-refractivity contribution in [2.75, 3.05) is 6.61 Å². The number of carbonyl (C=O) groups excluding carboxylic acids is 1. The van der Waals surface area contributed by atoms with Crippen molar-refractivity contribution in [1.29, 1.82) is 0 Å². The first kappa shape index (κ1) is 16.7. The number of aliphatic hydroxyl groups is 1. The maximum Gasteiger partial charge on any atom is 0.254 e. The molecule has 1 aliphatic rings. The molecule has 0 saturated heterocycles. The highest BCUT2D eigenvalue weighted by Gasteiger charge is 2.38. The average Bonchev–Trinajstić information content (AvgIpc) is 2.79. The number of amides is 1. The zero-order valence-electron chi connectivity index (χ0n) is 13.5. The van der Waals surface area contributed by atoms with Crippen LogP contribution in [-0.2, 0) is 11.2 Å². The van der Waals surface area contributed by atoms with E-state index in [1.54, 1.807) is 13.8 Å². The summed E-state index contributed by atoms with van der Waals surface area (Å²) in [5.41, 5.74) is 0.847. The van der Waals surface area contributed by atoms with Crippen LogP contribution in [0.3, 0.4) is 0 Å². The number of rotatable bonds is 5. The molecule has 0 aromatic carbocycles. The summed E-state index contributed by atoms with van der Waals surface area (Å²) in [7, 11) is 0. The van der Waals surface area contributed by atoms with E-state index in [9.17, 15) is 14.7 Å². The molecule has 0 radical (unpaired) electrons. The van der Waals surface area contributed by atoms with E-state index in [-0.39, 0.29) is 36.0 Å². The van der Waals surface area contributed by atoms with Crippen LogP contribution in [0.4, 0.5) is 0 Å². The Bertz CT molecular complexity index is 611. The molecule has 0 bridgehead atoms. The van der Waals surface area contributed by atoms with Gasteiger partial charge in [-0.25, -0.2) is 4.98 Å². The second kappa shape index (κ2) is 6.60. The van der Waals surface area contributed by atoms with E-state index in [4.69, 9.17) is 0 Å². The molecule has 122 valence electrons. The Morgan fingerprint density at radius 2 is 2.23 bits per heavy atom. The number of H-pyrrole nitrogens is 1. The molecule has 1 amide bonds. The standard InChI is InChI=1S/C16H25N3O3/c1-10-12(15(22)18-11(2)17-10)6-7-14(21)19-13-5-4-8-16(13,3)9-20/h13,20H,4-9H2,1-3H3,(H,19,21)(H,17,18,22). The summed E-state index contributed by atoms with van der Waals surface area (Å²) in [5, 5.41) is 12.5. The molecule has 2 atom stereocenters. The minimum absolute atomic E-state index is 0.0144. The molecule has 0 aliphatic heterocycles. The zero-order chi connectivity index (χ0) is 16.3. The fourth-order valence-electron chi connectivity index (χ4n) is 3.22. The number of carbonyl (C=O) groups is 1. The predicted octanol–water partition coefficient (Wildman–Crippen LogP) is 0.987. The summed E-state index contributed by atoms with van der Waals surface area (Å²) < 4.78 is 0. The van der Waals surface area contributed by atoms with Crippen LogP contribution in [0.2, 0.25) is 0 Å². The molecule has 1 saturated carbocycles. The highest BCUT2D eigenvalue weighted by Crippen LogP contribution is 2.37. The summed E-state index contributed by atoms with van der Waals surface area (Å²) >= 11 is 0. The van der Waals surface area contributed by atoms with E-state index in [1.807, 2.05) is 6.92 Å². The van der Waals surface area contributed by atoms with E-state index >= 15 is 0 Å². The first-order valence-corrected chi connectivity index (χ1v) is 7.82. The summed E-state index contributed by atoms with van der Waals surface area (Å²) in [5.74, 6) is 0.506. The molecule has 1 heterocycles. The number of nitrogens with one attached hydrogen (secondary N) is 2. The van der Waals surface area contributed by atoms with Crippen LogP contribution in [0.25, 0.3) is 0 Å². The molecule has 22 heavy (non-hydrogen) atoms. The molecule has 2 unspecified atom stereocenters. The Morgan fingerprint density at radius 1 is 1.50 bits per heavy atom. The van der Waals surface area contributed by atoms with Crippen molar-refractivity contribution in [3.63, 3.8) is 0 Å². The zero-order valence-corrected chi connectivity index (χ0v) is 13.5. The number of aryl methyl sites for hydroxylation is 2. The minimum atomic E-state index is -0.228. The molecule has 1 aromatic rings. The second-order valence-corrected chi connectivity index (χ2v) is 6.54. The molecule has 1 aliphatic carbocycles. The van der Waals surface area contributed by atoms with E-state index in [0.29, 0.717) is 23.5 Å². The Balaban J connectivity index is 1.95. The van der Waals surface area contributed by atoms with Crippen molar-refractivity contribution in [1.82, 2.24) is 15.3 Å². The molecule has 2 rings (SSSR count). The molecule has 3 N–H and O–H groups in total. The van der Waals surface area contributed by atoms with Gasteiger partial charge >= 0.3 is 0 Å². The van der Waals surface area contributed by atoms with Gasteiger partial charge in [-0.1, -0.05) is 13.3 Å². The first-order valence-electron chi connectivity index (χ1n) is 7.82. The van der Waals surface area contributed by atoms with E-state index in [0.717, 1.165) is 19.3 Å². The number of hydrogen-bond acceptors (Lipinski definition) is 4. The van der Waals surface area contributed by atoms with Gasteiger partial charge in [0.1, 0.15) is 5.82 Å². The van der Waals surface area contributed by atoms with Gasteiger partial charge in [0, 0.05) is 29.1 Å². The second-order valence-electron chi connectivity index (χ2n) is 6.54. The Kier molecular flexibility index (Phi) is 5.01. The lowest BCUT2D eigenvalue weighted by molar-refractivity contribution is -0.122. The maximum atomic E-state index is 12.1. The fourth-order valence-corrected chi connectivity index (χ4v) is 3.22. The van der Waals surface area contributed by atoms with E-state index in [2.05, 4.69) is 15.3 Å². The van der Waals surface area contributed by atoms with Crippen molar-refractivity contribution in [3.8, 4) is 0 Å². The van der Waals surface area contributed by atoms with Crippen molar-refractivity contribution < 1.29 is 9.90 Å². The van der Waals surface area contributed by atoms with Gasteiger partial charge in [-0.15, -0.1) is 0 Å². The Morgan fingerprint density at radius 3 is 2.86 bits per heavy atom. The molecular formula is C16H25N3O3. The predicted molar refractivity (Wildman–Crippen MR) is 83.6 cm³/mol. The van der Waals surface area contributed by atoms with Crippen LogP contribution in [-0.4, -0.2) is 33.6 Å². The van der Waals surface area contributed by atoms with Gasteiger partial charge in [-0.3, -0.25) is 9.59 Å². The van der Waals surface area contributed by atoms with Gasteiger partial charge in [-0.2, -0.15) is 0 Å². The lowest BCUT2D eigenvalue weighted by atomic mass is 9.85. The van der Waals surface area contributed by atoms with Gasteiger partial charge in [0.2, 0.25) is 5.91 Å². The molecular weight excluding hydrogens is 282 g/mol. The number of aromatic amines is 1. The van der Waals surface area contributed by atoms with E-state index in [1.165, 1.54) is 0 Å². The van der Waals surface area contributed by atoms with Gasteiger partial charge < -0.3 is 15.4 Å². The molecule has 1 aromatic heterocycles. The van der Waals surface area contributed by atoms with Gasteiger partial charge in [0.05, 0.1) is 6.61 Å². The SMILES string of the molecule is Cc1nc(C)c(CCC(=O)NC2CCCC2(C)CO)c(=O)[nH]1. The third kappa shape index (κ3) is 3.55. The lowest BCUT2D eigenvalue weighted by Crippen LogP contribution is -2.44. The van der Waals surface area contributed by atoms with Gasteiger partial charge in [0.15, 0.2) is 0 Å². The average molecular weight is 307 g/mol. The number of aliphatic hydroxyl groups excluding tert-OH is 1. The number of aromatic nitrogens is 2. The Hall–Kier alpha value is -1.69. The smallest absolute Gasteiger partial charge is 0.254 e. The summed E-state index contributed by atoms with van der Waals surface area (Å²) in [6.45, 7) is 5.61. The van der Waals surface area contributed by atoms with Crippen LogP contribution in [0.5, 0.6) is 0 Å². The van der Waals surface area contributed by atoms with Gasteiger partial charge in [0.25, 0.3) is 5.56 Å². The third-order valence-electron chi connectivity index (χ3n) is 4.72. The van der Waals surface area contributed by atoms with Crippen LogP contribution < -0.4 is 10.9 Å². The van der Waals surface area contributed by atoms with Crippen molar-refractivity contribution in [3.05, 3.63) is 27.4 Å². The normalized spacial score (nSPS) is 24.5. The lowest BCUT2D eigenvalue weighted by Gasteiger charge is -2.30. The number of hydrogen-bond donors (Lipinski definition) is 3. The van der Waals surface area contributed by atoms with Crippen LogP contribution in [0.1, 0.15) is 49.7 Å². The number of nitrogens with zero attached hydrogens (tertiary/aromatic N) is 1. The Labute approximate surface area is 130 Å². The van der Waals surface area contributed by atoms with Crippen molar-refractivity contribution in [2.24, 2.45) is 5.41 Å². The molecule has 6 nitrogen and oxygen atoms in total. The summed E-state index contributed by atoms with van der Waals surface area (Å²) in [4.78, 5) is 30.9. The van der Waals surface area contributed by atoms with Crippen molar-refractivity contribution in [2.45, 2.75) is 58.9 Å². The molecule has 0 spiro atoms. The topological polar surface area (TPSA) is 95.1 Å². The highest BCUT2D eigenvalue weighted by atomic mass is 16.3. The van der Waals surface area contributed by atoms with Crippen molar-refractivity contribution >= 4 is 5.91 Å². The quantitative estimate of drug-likeness (QED) is 0.756. The van der Waals surface area contributed by atoms with Gasteiger partial charge in [-0.05, 0) is 33.1 Å². The maximum absolute atomic E-state index is 12.1. The van der Waals surface area contributed by atoms with Crippen LogP contribution in [0.15, 0.2) is 4.79 Å².